The quantitative estimate of drug-likeness (QED) is 0.415. The van der Waals surface area contributed by atoms with Crippen molar-refractivity contribution in [2.24, 2.45) is 5.41 Å². The van der Waals surface area contributed by atoms with Gasteiger partial charge in [-0.2, -0.15) is 0 Å². The molecule has 3 nitrogen and oxygen atoms in total. The molecule has 11 heavy (non-hydrogen) atoms. The van der Waals surface area contributed by atoms with E-state index in [9.17, 15) is 4.79 Å². The Bertz CT molecular complexity index is 197. The summed E-state index contributed by atoms with van der Waals surface area (Å²) in [5, 5.41) is 0. The van der Waals surface area contributed by atoms with Crippen LogP contribution in [0.4, 0.5) is 0 Å². The Balaban J connectivity index is 1.99. The predicted molar refractivity (Wildman–Crippen MR) is 38.0 cm³/mol. The number of ether oxygens (including phenoxy) is 2. The topological polar surface area (TPSA) is 38.8 Å². The molecule has 0 aromatic rings. The molecule has 2 aliphatic rings. The number of hydrogen-bond acceptors (Lipinski definition) is 3. The molecule has 62 valence electrons. The molecule has 2 fully saturated rings. The van der Waals surface area contributed by atoms with E-state index in [1.807, 2.05) is 6.92 Å². The van der Waals surface area contributed by atoms with Crippen LogP contribution in [0.15, 0.2) is 0 Å². The van der Waals surface area contributed by atoms with Gasteiger partial charge >= 0.3 is 5.97 Å². The maximum atomic E-state index is 11.2. The molecule has 1 saturated carbocycles. The summed E-state index contributed by atoms with van der Waals surface area (Å²) in [5.41, 5.74) is -0.172. The highest BCUT2D eigenvalue weighted by atomic mass is 16.6. The van der Waals surface area contributed by atoms with Gasteiger partial charge in [-0.25, -0.2) is 0 Å². The summed E-state index contributed by atoms with van der Waals surface area (Å²) in [6, 6.07) is 0. The van der Waals surface area contributed by atoms with Crippen molar-refractivity contribution < 1.29 is 14.3 Å². The smallest absolute Gasteiger partial charge is 0.311 e. The Hall–Kier alpha value is -0.570. The van der Waals surface area contributed by atoms with Crippen LogP contribution in [0.3, 0.4) is 0 Å². The van der Waals surface area contributed by atoms with Gasteiger partial charge in [0.1, 0.15) is 0 Å². The van der Waals surface area contributed by atoms with E-state index in [1.54, 1.807) is 0 Å². The minimum absolute atomic E-state index is 0.0862. The molecule has 0 unspecified atom stereocenters. The molecule has 1 saturated heterocycles. The van der Waals surface area contributed by atoms with Crippen molar-refractivity contribution in [1.82, 2.24) is 0 Å². The molecule has 1 aliphatic carbocycles. The lowest BCUT2D eigenvalue weighted by atomic mass is 9.63. The third-order valence-corrected chi connectivity index (χ3v) is 2.66. The van der Waals surface area contributed by atoms with Crippen molar-refractivity contribution in [3.8, 4) is 0 Å². The van der Waals surface area contributed by atoms with Crippen LogP contribution in [0.25, 0.3) is 0 Å². The fourth-order valence-corrected chi connectivity index (χ4v) is 2.07. The Kier molecular flexibility index (Phi) is 1.15. The number of hydrogen-bond donors (Lipinski definition) is 0. The number of epoxide rings is 1. The van der Waals surface area contributed by atoms with Crippen molar-refractivity contribution in [3.05, 3.63) is 0 Å². The van der Waals surface area contributed by atoms with E-state index in [4.69, 9.17) is 4.74 Å². The van der Waals surface area contributed by atoms with Crippen LogP contribution in [0.2, 0.25) is 0 Å². The number of carbonyl (C=O) groups is 1. The normalized spacial score (nSPS) is 46.7. The second-order valence-corrected chi connectivity index (χ2v) is 3.88. The highest BCUT2D eigenvalue weighted by Crippen LogP contribution is 2.57. The zero-order valence-electron chi connectivity index (χ0n) is 6.85. The standard InChI is InChI=1S/C8H12O3/c1-7(6(9)10-2)3-8(4-7)5-11-8/h3-5H2,1-2H3. The van der Waals surface area contributed by atoms with E-state index >= 15 is 0 Å². The van der Waals surface area contributed by atoms with Crippen LogP contribution in [0, 0.1) is 5.41 Å². The second-order valence-electron chi connectivity index (χ2n) is 3.88. The van der Waals surface area contributed by atoms with Crippen LogP contribution in [0.1, 0.15) is 19.8 Å². The van der Waals surface area contributed by atoms with Crippen LogP contribution in [-0.2, 0) is 14.3 Å². The van der Waals surface area contributed by atoms with Gasteiger partial charge < -0.3 is 9.47 Å². The van der Waals surface area contributed by atoms with Gasteiger partial charge in [0.15, 0.2) is 0 Å². The highest BCUT2D eigenvalue weighted by molar-refractivity contribution is 5.78. The van der Waals surface area contributed by atoms with Gasteiger partial charge in [0, 0.05) is 0 Å². The summed E-state index contributed by atoms with van der Waals surface area (Å²) in [5.74, 6) is -0.0985. The van der Waals surface area contributed by atoms with Gasteiger partial charge in [-0.05, 0) is 19.8 Å². The molecule has 0 bridgehead atoms. The van der Waals surface area contributed by atoms with E-state index in [-0.39, 0.29) is 17.0 Å². The van der Waals surface area contributed by atoms with Crippen molar-refractivity contribution in [2.45, 2.75) is 25.4 Å². The number of rotatable bonds is 1. The lowest BCUT2D eigenvalue weighted by Crippen LogP contribution is -2.47. The maximum absolute atomic E-state index is 11.2. The molecule has 1 heterocycles. The van der Waals surface area contributed by atoms with Gasteiger partial charge in [-0.1, -0.05) is 0 Å². The van der Waals surface area contributed by atoms with Gasteiger partial charge in [0.2, 0.25) is 0 Å². The third kappa shape index (κ3) is 0.872. The minimum atomic E-state index is -0.259. The van der Waals surface area contributed by atoms with Crippen LogP contribution >= 0.6 is 0 Å². The predicted octanol–water partition coefficient (Wildman–Crippen LogP) is 0.728. The first-order chi connectivity index (χ1) is 5.10. The van der Waals surface area contributed by atoms with Crippen molar-refractivity contribution >= 4 is 5.97 Å². The molecule has 0 aromatic heterocycles. The molecule has 3 heteroatoms. The van der Waals surface area contributed by atoms with Gasteiger partial charge in [0.05, 0.1) is 24.7 Å². The third-order valence-electron chi connectivity index (χ3n) is 2.66. The van der Waals surface area contributed by atoms with Crippen LogP contribution in [0.5, 0.6) is 0 Å². The van der Waals surface area contributed by atoms with E-state index in [0.29, 0.717) is 0 Å². The monoisotopic (exact) mass is 156 g/mol. The highest BCUT2D eigenvalue weighted by Gasteiger charge is 2.64. The lowest BCUT2D eigenvalue weighted by Gasteiger charge is -2.40. The summed E-state index contributed by atoms with van der Waals surface area (Å²) in [6.45, 7) is 2.77. The fourth-order valence-electron chi connectivity index (χ4n) is 2.07. The summed E-state index contributed by atoms with van der Waals surface area (Å²) in [7, 11) is 1.44. The summed E-state index contributed by atoms with van der Waals surface area (Å²) in [4.78, 5) is 11.2. The Morgan fingerprint density at radius 3 is 2.45 bits per heavy atom. The van der Waals surface area contributed by atoms with Crippen molar-refractivity contribution in [3.63, 3.8) is 0 Å². The molecule has 1 aliphatic heterocycles. The SMILES string of the molecule is COC(=O)C1(C)CC2(CO2)C1. The van der Waals surface area contributed by atoms with E-state index in [1.165, 1.54) is 7.11 Å². The van der Waals surface area contributed by atoms with E-state index in [0.717, 1.165) is 19.4 Å². The van der Waals surface area contributed by atoms with E-state index < -0.39 is 0 Å². The molecule has 0 aromatic carbocycles. The first kappa shape index (κ1) is 7.10. The average Bonchev–Trinajstić information content (AvgIpc) is 2.65. The number of methoxy groups -OCH3 is 1. The van der Waals surface area contributed by atoms with Gasteiger partial charge in [-0.15, -0.1) is 0 Å². The first-order valence-corrected chi connectivity index (χ1v) is 3.83. The molecule has 1 spiro atoms. The molecule has 0 amide bonds. The summed E-state index contributed by atoms with van der Waals surface area (Å²) >= 11 is 0. The Morgan fingerprint density at radius 1 is 1.55 bits per heavy atom. The molecule has 2 rings (SSSR count). The Labute approximate surface area is 65.7 Å². The minimum Gasteiger partial charge on any atom is -0.469 e. The second kappa shape index (κ2) is 1.78. The van der Waals surface area contributed by atoms with Crippen LogP contribution < -0.4 is 0 Å². The molecule has 0 atom stereocenters. The zero-order chi connectivity index (χ0) is 8.11. The summed E-state index contributed by atoms with van der Waals surface area (Å²) < 4.78 is 9.90. The molecular formula is C8H12O3. The first-order valence-electron chi connectivity index (χ1n) is 3.83. The molecule has 0 N–H and O–H groups in total. The fraction of sp³-hybridized carbons (Fsp3) is 0.875. The van der Waals surface area contributed by atoms with E-state index in [2.05, 4.69) is 4.74 Å². The molecular weight excluding hydrogens is 144 g/mol. The maximum Gasteiger partial charge on any atom is 0.311 e. The van der Waals surface area contributed by atoms with Crippen molar-refractivity contribution in [1.29, 1.82) is 0 Å². The van der Waals surface area contributed by atoms with Crippen LogP contribution in [-0.4, -0.2) is 25.3 Å². The van der Waals surface area contributed by atoms with Gasteiger partial charge in [0.25, 0.3) is 0 Å². The molecule has 0 radical (unpaired) electrons. The summed E-state index contributed by atoms with van der Waals surface area (Å²) in [6.07, 6.45) is 1.68. The van der Waals surface area contributed by atoms with Crippen molar-refractivity contribution in [2.75, 3.05) is 13.7 Å². The number of carbonyl (C=O) groups excluding carboxylic acids is 1. The zero-order valence-corrected chi connectivity index (χ0v) is 6.85. The lowest BCUT2D eigenvalue weighted by molar-refractivity contribution is -0.161. The average molecular weight is 156 g/mol. The number of esters is 1. The largest absolute Gasteiger partial charge is 0.469 e. The Morgan fingerprint density at radius 2 is 2.09 bits per heavy atom. The van der Waals surface area contributed by atoms with Gasteiger partial charge in [-0.3, -0.25) is 4.79 Å².